The van der Waals surface area contributed by atoms with E-state index in [1.807, 2.05) is 51.1 Å². The Bertz CT molecular complexity index is 753. The molecule has 1 aromatic carbocycles. The van der Waals surface area contributed by atoms with Gasteiger partial charge in [-0.25, -0.2) is 0 Å². The van der Waals surface area contributed by atoms with Crippen LogP contribution in [0.3, 0.4) is 0 Å². The monoisotopic (exact) mass is 343 g/mol. The second kappa shape index (κ2) is 7.51. The maximum atomic E-state index is 12.7. The number of carbonyl (C=O) groups is 2. The molecule has 0 saturated heterocycles. The summed E-state index contributed by atoms with van der Waals surface area (Å²) < 4.78 is 1.77. The second-order valence-electron chi connectivity index (χ2n) is 6.88. The van der Waals surface area contributed by atoms with Gasteiger partial charge in [-0.2, -0.15) is 5.10 Å². The van der Waals surface area contributed by atoms with Crippen LogP contribution in [-0.2, 0) is 11.3 Å². The summed E-state index contributed by atoms with van der Waals surface area (Å²) >= 11 is 0. The quantitative estimate of drug-likeness (QED) is 0.809. The van der Waals surface area contributed by atoms with Gasteiger partial charge in [0.2, 0.25) is 0 Å². The van der Waals surface area contributed by atoms with E-state index >= 15 is 0 Å². The van der Waals surface area contributed by atoms with Gasteiger partial charge in [-0.3, -0.25) is 14.3 Å². The molecule has 6 nitrogen and oxygen atoms in total. The van der Waals surface area contributed by atoms with E-state index in [9.17, 15) is 9.59 Å². The number of aliphatic carboxylic acids is 1. The maximum absolute atomic E-state index is 12.7. The summed E-state index contributed by atoms with van der Waals surface area (Å²) in [5.74, 6) is -1.26. The zero-order valence-corrected chi connectivity index (χ0v) is 15.1. The van der Waals surface area contributed by atoms with Gasteiger partial charge in [0.05, 0.1) is 30.3 Å². The lowest BCUT2D eigenvalue weighted by atomic mass is 9.85. The molecule has 1 aromatic heterocycles. The van der Waals surface area contributed by atoms with Crippen molar-refractivity contribution in [3.05, 3.63) is 53.3 Å². The van der Waals surface area contributed by atoms with Crippen LogP contribution in [0, 0.1) is 12.8 Å². The number of amides is 1. The fourth-order valence-electron chi connectivity index (χ4n) is 2.62. The zero-order chi connectivity index (χ0) is 18.6. The van der Waals surface area contributed by atoms with Crippen LogP contribution in [0.1, 0.15) is 48.8 Å². The summed E-state index contributed by atoms with van der Waals surface area (Å²) in [7, 11) is 0. The number of nitrogens with one attached hydrogen (secondary N) is 1. The van der Waals surface area contributed by atoms with E-state index in [1.54, 1.807) is 11.6 Å². The molecule has 2 N–H and O–H groups in total. The van der Waals surface area contributed by atoms with E-state index in [0.717, 1.165) is 11.3 Å². The summed E-state index contributed by atoms with van der Waals surface area (Å²) in [6.45, 7) is 7.97. The normalized spacial score (nSPS) is 13.5. The molecule has 0 bridgehead atoms. The van der Waals surface area contributed by atoms with Crippen molar-refractivity contribution in [2.75, 3.05) is 0 Å². The first kappa shape index (κ1) is 18.7. The molecule has 0 aliphatic carbocycles. The minimum atomic E-state index is -0.937. The predicted octanol–water partition coefficient (Wildman–Crippen LogP) is 2.86. The molecule has 134 valence electrons. The third-order valence-corrected chi connectivity index (χ3v) is 4.71. The number of hydrogen-bond acceptors (Lipinski definition) is 3. The van der Waals surface area contributed by atoms with E-state index in [2.05, 4.69) is 10.4 Å². The average Bonchev–Trinajstić information content (AvgIpc) is 2.88. The highest BCUT2D eigenvalue weighted by Crippen LogP contribution is 2.22. The van der Waals surface area contributed by atoms with Crippen molar-refractivity contribution in [2.45, 2.75) is 46.2 Å². The zero-order valence-electron chi connectivity index (χ0n) is 15.1. The SMILES string of the molecule is Cc1c(C(=O)NC(C)(CC(=O)O)C(C)C)cnn1Cc1ccccc1. The van der Waals surface area contributed by atoms with Gasteiger partial charge in [0.25, 0.3) is 5.91 Å². The molecule has 25 heavy (non-hydrogen) atoms. The van der Waals surface area contributed by atoms with Crippen molar-refractivity contribution < 1.29 is 14.7 Å². The molecule has 2 aromatic rings. The third kappa shape index (κ3) is 4.47. The number of carboxylic acid groups (broad SMARTS) is 1. The Morgan fingerprint density at radius 1 is 1.28 bits per heavy atom. The summed E-state index contributed by atoms with van der Waals surface area (Å²) in [6.07, 6.45) is 1.41. The molecule has 1 amide bonds. The molecule has 0 aliphatic rings. The van der Waals surface area contributed by atoms with Gasteiger partial charge >= 0.3 is 5.97 Å². The average molecular weight is 343 g/mol. The molecule has 0 spiro atoms. The molecular formula is C19H25N3O3. The predicted molar refractivity (Wildman–Crippen MR) is 95.5 cm³/mol. The standard InChI is InChI=1S/C19H25N3O3/c1-13(2)19(4,10-17(23)24)21-18(25)16-11-20-22(14(16)3)12-15-8-6-5-7-9-15/h5-9,11,13H,10,12H2,1-4H3,(H,21,25)(H,23,24). The first-order valence-electron chi connectivity index (χ1n) is 8.33. The Morgan fingerprint density at radius 2 is 1.92 bits per heavy atom. The lowest BCUT2D eigenvalue weighted by Gasteiger charge is -2.33. The summed E-state index contributed by atoms with van der Waals surface area (Å²) in [4.78, 5) is 23.8. The largest absolute Gasteiger partial charge is 0.481 e. The molecule has 0 saturated carbocycles. The van der Waals surface area contributed by atoms with Gasteiger partial charge in [0.15, 0.2) is 0 Å². The highest BCUT2D eigenvalue weighted by molar-refractivity contribution is 5.95. The molecule has 1 unspecified atom stereocenters. The van der Waals surface area contributed by atoms with Crippen LogP contribution in [-0.4, -0.2) is 32.3 Å². The minimum absolute atomic E-state index is 0.0211. The van der Waals surface area contributed by atoms with Gasteiger partial charge in [-0.1, -0.05) is 44.2 Å². The lowest BCUT2D eigenvalue weighted by Crippen LogP contribution is -2.51. The van der Waals surface area contributed by atoms with Gasteiger partial charge in [0, 0.05) is 5.69 Å². The van der Waals surface area contributed by atoms with Gasteiger partial charge < -0.3 is 10.4 Å². The highest BCUT2D eigenvalue weighted by Gasteiger charge is 2.33. The van der Waals surface area contributed by atoms with Crippen LogP contribution in [0.15, 0.2) is 36.5 Å². The summed E-state index contributed by atoms with van der Waals surface area (Å²) in [5, 5.41) is 16.3. The second-order valence-corrected chi connectivity index (χ2v) is 6.88. The van der Waals surface area contributed by atoms with Crippen molar-refractivity contribution in [1.29, 1.82) is 0 Å². The molecule has 2 rings (SSSR count). The van der Waals surface area contributed by atoms with E-state index < -0.39 is 11.5 Å². The molecular weight excluding hydrogens is 318 g/mol. The molecule has 0 radical (unpaired) electrons. The first-order valence-corrected chi connectivity index (χ1v) is 8.33. The third-order valence-electron chi connectivity index (χ3n) is 4.71. The van der Waals surface area contributed by atoms with Gasteiger partial charge in [-0.15, -0.1) is 0 Å². The Morgan fingerprint density at radius 3 is 2.48 bits per heavy atom. The number of benzene rings is 1. The van der Waals surface area contributed by atoms with Crippen LogP contribution < -0.4 is 5.32 Å². The van der Waals surface area contributed by atoms with E-state index in [0.29, 0.717) is 12.1 Å². The molecule has 0 fully saturated rings. The maximum Gasteiger partial charge on any atom is 0.305 e. The van der Waals surface area contributed by atoms with Crippen molar-refractivity contribution in [3.63, 3.8) is 0 Å². The van der Waals surface area contributed by atoms with E-state index in [1.165, 1.54) is 6.20 Å². The minimum Gasteiger partial charge on any atom is -0.481 e. The van der Waals surface area contributed by atoms with Crippen LogP contribution in [0.25, 0.3) is 0 Å². The molecule has 1 heterocycles. The first-order chi connectivity index (χ1) is 11.7. The Balaban J connectivity index is 2.18. The van der Waals surface area contributed by atoms with Crippen LogP contribution in [0.2, 0.25) is 0 Å². The number of rotatable bonds is 7. The molecule has 0 aliphatic heterocycles. The fraction of sp³-hybridized carbons (Fsp3) is 0.421. The summed E-state index contributed by atoms with van der Waals surface area (Å²) in [5.41, 5.74) is 1.49. The van der Waals surface area contributed by atoms with Crippen molar-refractivity contribution in [3.8, 4) is 0 Å². The Kier molecular flexibility index (Phi) is 5.62. The number of hydrogen-bond donors (Lipinski definition) is 2. The van der Waals surface area contributed by atoms with E-state index in [-0.39, 0.29) is 18.2 Å². The fourth-order valence-corrected chi connectivity index (χ4v) is 2.62. The number of carbonyl (C=O) groups excluding carboxylic acids is 1. The topological polar surface area (TPSA) is 84.2 Å². The molecule has 1 atom stereocenters. The number of nitrogens with zero attached hydrogens (tertiary/aromatic N) is 2. The number of aromatic nitrogens is 2. The number of carboxylic acids is 1. The Labute approximate surface area is 147 Å². The highest BCUT2D eigenvalue weighted by atomic mass is 16.4. The van der Waals surface area contributed by atoms with Crippen LogP contribution >= 0.6 is 0 Å². The molecule has 6 heteroatoms. The van der Waals surface area contributed by atoms with Gasteiger partial charge in [-0.05, 0) is 25.3 Å². The van der Waals surface area contributed by atoms with E-state index in [4.69, 9.17) is 5.11 Å². The smallest absolute Gasteiger partial charge is 0.305 e. The lowest BCUT2D eigenvalue weighted by molar-refractivity contribution is -0.138. The van der Waals surface area contributed by atoms with Crippen LogP contribution in [0.5, 0.6) is 0 Å². The van der Waals surface area contributed by atoms with Crippen molar-refractivity contribution in [1.82, 2.24) is 15.1 Å². The van der Waals surface area contributed by atoms with Gasteiger partial charge in [0.1, 0.15) is 0 Å². The van der Waals surface area contributed by atoms with Crippen molar-refractivity contribution >= 4 is 11.9 Å². The summed E-state index contributed by atoms with van der Waals surface area (Å²) in [6, 6.07) is 9.88. The Hall–Kier alpha value is -2.63. The van der Waals surface area contributed by atoms with Crippen molar-refractivity contribution in [2.24, 2.45) is 5.92 Å². The van der Waals surface area contributed by atoms with Crippen LogP contribution in [0.4, 0.5) is 0 Å².